The molecule has 0 radical (unpaired) electrons. The molecule has 0 N–H and O–H groups in total. The first-order chi connectivity index (χ1) is 7.17. The molecule has 0 saturated heterocycles. The van der Waals surface area contributed by atoms with Crippen LogP contribution in [-0.2, 0) is 9.53 Å². The van der Waals surface area contributed by atoms with Crippen molar-refractivity contribution in [1.82, 2.24) is 0 Å². The Bertz CT molecular complexity index is 366. The fourth-order valence-electron chi connectivity index (χ4n) is 1.15. The first kappa shape index (κ1) is 12.2. The number of esters is 1. The molecule has 0 aliphatic heterocycles. The number of aryl methyl sites for hydroxylation is 1. The van der Waals surface area contributed by atoms with Gasteiger partial charge in [0.1, 0.15) is 0 Å². The van der Waals surface area contributed by atoms with Gasteiger partial charge in [0, 0.05) is 10.0 Å². The standard InChI is InChI=1S/C12H13IO2/c1-9-3-5-10(6-4-9)7-11(8-13)12(14)15-2/h3-7H,8H2,1-2H3/b11-7+. The molecule has 0 spiro atoms. The molecule has 0 amide bonds. The van der Waals surface area contributed by atoms with Crippen LogP contribution in [0.2, 0.25) is 0 Å². The number of methoxy groups -OCH3 is 1. The van der Waals surface area contributed by atoms with Gasteiger partial charge in [0.25, 0.3) is 0 Å². The average molecular weight is 316 g/mol. The van der Waals surface area contributed by atoms with Crippen LogP contribution in [0.25, 0.3) is 6.08 Å². The number of carbonyl (C=O) groups is 1. The van der Waals surface area contributed by atoms with Crippen molar-refractivity contribution in [3.8, 4) is 0 Å². The van der Waals surface area contributed by atoms with E-state index in [1.54, 1.807) is 0 Å². The Morgan fingerprint density at radius 1 is 1.40 bits per heavy atom. The highest BCUT2D eigenvalue weighted by Crippen LogP contribution is 2.11. The third-order valence-corrected chi connectivity index (χ3v) is 2.83. The molecule has 0 aromatic heterocycles. The topological polar surface area (TPSA) is 26.3 Å². The number of alkyl halides is 1. The van der Waals surface area contributed by atoms with Crippen LogP contribution in [-0.4, -0.2) is 17.5 Å². The van der Waals surface area contributed by atoms with Crippen molar-refractivity contribution in [2.24, 2.45) is 0 Å². The van der Waals surface area contributed by atoms with Crippen LogP contribution in [0.4, 0.5) is 0 Å². The van der Waals surface area contributed by atoms with Gasteiger partial charge in [0.15, 0.2) is 0 Å². The fraction of sp³-hybridized carbons (Fsp3) is 0.250. The zero-order chi connectivity index (χ0) is 11.3. The highest BCUT2D eigenvalue weighted by atomic mass is 127. The van der Waals surface area contributed by atoms with E-state index in [1.165, 1.54) is 12.7 Å². The first-order valence-corrected chi connectivity index (χ1v) is 6.11. The second-order valence-electron chi connectivity index (χ2n) is 3.21. The van der Waals surface area contributed by atoms with E-state index < -0.39 is 0 Å². The molecule has 3 heteroatoms. The highest BCUT2D eigenvalue weighted by Gasteiger charge is 2.07. The van der Waals surface area contributed by atoms with Crippen molar-refractivity contribution in [3.63, 3.8) is 0 Å². The summed E-state index contributed by atoms with van der Waals surface area (Å²) < 4.78 is 5.34. The Balaban J connectivity index is 2.93. The zero-order valence-electron chi connectivity index (χ0n) is 8.79. The summed E-state index contributed by atoms with van der Waals surface area (Å²) in [5.41, 5.74) is 2.92. The van der Waals surface area contributed by atoms with E-state index in [0.717, 1.165) is 5.56 Å². The van der Waals surface area contributed by atoms with E-state index in [0.29, 0.717) is 10.0 Å². The van der Waals surface area contributed by atoms with Gasteiger partial charge >= 0.3 is 5.97 Å². The van der Waals surface area contributed by atoms with E-state index in [1.807, 2.05) is 37.3 Å². The minimum absolute atomic E-state index is 0.259. The second-order valence-corrected chi connectivity index (χ2v) is 3.97. The number of rotatable bonds is 3. The SMILES string of the molecule is COC(=O)/C(=C/c1ccc(C)cc1)CI. The maximum Gasteiger partial charge on any atom is 0.334 e. The van der Waals surface area contributed by atoms with Gasteiger partial charge < -0.3 is 4.74 Å². The second kappa shape index (κ2) is 5.90. The van der Waals surface area contributed by atoms with Crippen LogP contribution in [0.3, 0.4) is 0 Å². The molecule has 0 heterocycles. The molecule has 1 aromatic rings. The van der Waals surface area contributed by atoms with Crippen LogP contribution in [0.5, 0.6) is 0 Å². The van der Waals surface area contributed by atoms with E-state index in [9.17, 15) is 4.79 Å². The summed E-state index contributed by atoms with van der Waals surface area (Å²) in [5, 5.41) is 0. The molecule has 15 heavy (non-hydrogen) atoms. The van der Waals surface area contributed by atoms with Gasteiger partial charge in [0.05, 0.1) is 7.11 Å². The summed E-state index contributed by atoms with van der Waals surface area (Å²) in [6.07, 6.45) is 1.86. The Labute approximate surface area is 103 Å². The number of ether oxygens (including phenoxy) is 1. The molecule has 0 aliphatic rings. The van der Waals surface area contributed by atoms with Gasteiger partial charge in [-0.25, -0.2) is 4.79 Å². The van der Waals surface area contributed by atoms with Crippen molar-refractivity contribution in [2.75, 3.05) is 11.5 Å². The molecule has 1 aromatic carbocycles. The third kappa shape index (κ3) is 3.66. The van der Waals surface area contributed by atoms with Gasteiger partial charge in [-0.1, -0.05) is 52.4 Å². The maximum atomic E-state index is 11.3. The first-order valence-electron chi connectivity index (χ1n) is 4.59. The lowest BCUT2D eigenvalue weighted by Gasteiger charge is -2.01. The quantitative estimate of drug-likeness (QED) is 0.371. The van der Waals surface area contributed by atoms with Gasteiger partial charge in [0.2, 0.25) is 0 Å². The van der Waals surface area contributed by atoms with Gasteiger partial charge in [-0.3, -0.25) is 0 Å². The summed E-state index contributed by atoms with van der Waals surface area (Å²) >= 11 is 2.15. The van der Waals surface area contributed by atoms with Crippen LogP contribution in [0.15, 0.2) is 29.8 Å². The summed E-state index contributed by atoms with van der Waals surface area (Å²) in [4.78, 5) is 11.3. The molecule has 0 unspecified atom stereocenters. The third-order valence-electron chi connectivity index (χ3n) is 2.01. The van der Waals surface area contributed by atoms with E-state index >= 15 is 0 Å². The minimum Gasteiger partial charge on any atom is -0.466 e. The van der Waals surface area contributed by atoms with Crippen LogP contribution >= 0.6 is 22.6 Å². The lowest BCUT2D eigenvalue weighted by molar-refractivity contribution is -0.135. The molecule has 0 aliphatic carbocycles. The molecule has 2 nitrogen and oxygen atoms in total. The molecule has 0 atom stereocenters. The zero-order valence-corrected chi connectivity index (χ0v) is 10.9. The highest BCUT2D eigenvalue weighted by molar-refractivity contribution is 14.1. The smallest absolute Gasteiger partial charge is 0.334 e. The van der Waals surface area contributed by atoms with Gasteiger partial charge in [-0.05, 0) is 18.6 Å². The largest absolute Gasteiger partial charge is 0.466 e. The molecular formula is C12H13IO2. The molecule has 0 saturated carbocycles. The Kier molecular flexibility index (Phi) is 4.81. The molecule has 1 rings (SSSR count). The normalized spacial score (nSPS) is 11.3. The predicted octanol–water partition coefficient (Wildman–Crippen LogP) is 2.99. The van der Waals surface area contributed by atoms with E-state index in [-0.39, 0.29) is 5.97 Å². The van der Waals surface area contributed by atoms with Gasteiger partial charge in [-0.15, -0.1) is 0 Å². The van der Waals surface area contributed by atoms with Crippen LogP contribution < -0.4 is 0 Å². The average Bonchev–Trinajstić information content (AvgIpc) is 2.27. The van der Waals surface area contributed by atoms with Crippen molar-refractivity contribution < 1.29 is 9.53 Å². The molecular weight excluding hydrogens is 303 g/mol. The van der Waals surface area contributed by atoms with Crippen molar-refractivity contribution in [3.05, 3.63) is 41.0 Å². The minimum atomic E-state index is -0.259. The number of halogens is 1. The number of hydrogen-bond donors (Lipinski definition) is 0. The summed E-state index contributed by atoms with van der Waals surface area (Å²) in [5.74, 6) is -0.259. The van der Waals surface area contributed by atoms with Crippen LogP contribution in [0, 0.1) is 6.92 Å². The summed E-state index contributed by atoms with van der Waals surface area (Å²) in [7, 11) is 1.40. The summed E-state index contributed by atoms with van der Waals surface area (Å²) in [6, 6.07) is 8.02. The lowest BCUT2D eigenvalue weighted by atomic mass is 10.1. The number of hydrogen-bond acceptors (Lipinski definition) is 2. The van der Waals surface area contributed by atoms with E-state index in [4.69, 9.17) is 0 Å². The van der Waals surface area contributed by atoms with Crippen molar-refractivity contribution in [1.29, 1.82) is 0 Å². The Morgan fingerprint density at radius 2 is 2.00 bits per heavy atom. The van der Waals surface area contributed by atoms with Crippen LogP contribution in [0.1, 0.15) is 11.1 Å². The molecule has 0 bridgehead atoms. The van der Waals surface area contributed by atoms with Crippen molar-refractivity contribution >= 4 is 34.6 Å². The number of carbonyl (C=O) groups excluding carboxylic acids is 1. The fourth-order valence-corrected chi connectivity index (χ4v) is 1.68. The lowest BCUT2D eigenvalue weighted by Crippen LogP contribution is -2.05. The molecule has 0 fully saturated rings. The summed E-state index contributed by atoms with van der Waals surface area (Å²) in [6.45, 7) is 2.03. The Hall–Kier alpha value is -0.840. The van der Waals surface area contributed by atoms with Crippen molar-refractivity contribution in [2.45, 2.75) is 6.92 Å². The Morgan fingerprint density at radius 3 is 2.47 bits per heavy atom. The monoisotopic (exact) mass is 316 g/mol. The predicted molar refractivity (Wildman–Crippen MR) is 70.1 cm³/mol. The number of benzene rings is 1. The molecule has 80 valence electrons. The van der Waals surface area contributed by atoms with Gasteiger partial charge in [-0.2, -0.15) is 0 Å². The van der Waals surface area contributed by atoms with E-state index in [2.05, 4.69) is 27.3 Å². The maximum absolute atomic E-state index is 11.3.